The summed E-state index contributed by atoms with van der Waals surface area (Å²) >= 11 is 0. The highest BCUT2D eigenvalue weighted by Crippen LogP contribution is 2.34. The lowest BCUT2D eigenvalue weighted by atomic mass is 10.1. The van der Waals surface area contributed by atoms with Crippen LogP contribution in [-0.4, -0.2) is 52.0 Å². The van der Waals surface area contributed by atoms with Gasteiger partial charge in [-0.1, -0.05) is 0 Å². The van der Waals surface area contributed by atoms with Gasteiger partial charge in [-0.05, 0) is 18.2 Å². The van der Waals surface area contributed by atoms with Gasteiger partial charge in [0.25, 0.3) is 5.91 Å². The lowest BCUT2D eigenvalue weighted by molar-refractivity contribution is -0.124. The average molecular weight is 405 g/mol. The normalized spacial score (nSPS) is 10.1. The van der Waals surface area contributed by atoms with E-state index in [9.17, 15) is 14.7 Å². The van der Waals surface area contributed by atoms with E-state index in [1.807, 2.05) is 0 Å². The lowest BCUT2D eigenvalue weighted by Crippen LogP contribution is -2.28. The minimum atomic E-state index is -0.830. The molecule has 9 nitrogen and oxygen atoms in total. The Bertz CT molecular complexity index is 881. The van der Waals surface area contributed by atoms with E-state index in [0.717, 1.165) is 0 Å². The monoisotopic (exact) mass is 405 g/mol. The summed E-state index contributed by atoms with van der Waals surface area (Å²) in [6.07, 6.45) is 0. The zero-order chi connectivity index (χ0) is 21.4. The second kappa shape index (κ2) is 10.1. The Morgan fingerprint density at radius 1 is 0.897 bits per heavy atom. The van der Waals surface area contributed by atoms with Gasteiger partial charge >= 0.3 is 5.97 Å². The van der Waals surface area contributed by atoms with Crippen molar-refractivity contribution < 1.29 is 38.4 Å². The quantitative estimate of drug-likeness (QED) is 0.609. The summed E-state index contributed by atoms with van der Waals surface area (Å²) in [6.45, 7) is -0.395. The maximum atomic E-state index is 12.0. The Balaban J connectivity index is 1.96. The summed E-state index contributed by atoms with van der Waals surface area (Å²) in [5.41, 5.74) is 0.581. The predicted octanol–water partition coefficient (Wildman–Crippen LogP) is 1.90. The number of ether oxygens (including phenoxy) is 5. The number of aromatic hydroxyl groups is 1. The molecule has 2 N–H and O–H groups in total. The van der Waals surface area contributed by atoms with Crippen molar-refractivity contribution in [3.63, 3.8) is 0 Å². The van der Waals surface area contributed by atoms with E-state index in [-0.39, 0.29) is 17.9 Å². The van der Waals surface area contributed by atoms with Crippen LogP contribution in [0.15, 0.2) is 30.3 Å². The van der Waals surface area contributed by atoms with Crippen LogP contribution < -0.4 is 24.3 Å². The van der Waals surface area contributed by atoms with Crippen LogP contribution in [0.4, 0.5) is 0 Å². The fraction of sp³-hybridized carbons (Fsp3) is 0.300. The Hall–Kier alpha value is -3.62. The van der Waals surface area contributed by atoms with Crippen LogP contribution in [0.25, 0.3) is 0 Å². The van der Waals surface area contributed by atoms with Crippen molar-refractivity contribution in [2.45, 2.75) is 6.54 Å². The Morgan fingerprint density at radius 3 is 2.14 bits per heavy atom. The number of methoxy groups -OCH3 is 4. The number of phenols is 1. The molecular weight excluding hydrogens is 382 g/mol. The van der Waals surface area contributed by atoms with Crippen LogP contribution in [0.5, 0.6) is 28.7 Å². The topological polar surface area (TPSA) is 113 Å². The molecule has 0 aromatic heterocycles. The number of nitrogens with one attached hydrogen (secondary N) is 1. The summed E-state index contributed by atoms with van der Waals surface area (Å²) < 4.78 is 25.6. The van der Waals surface area contributed by atoms with Gasteiger partial charge in [-0.15, -0.1) is 0 Å². The number of phenolic OH excluding ortho intramolecular Hbond substituents is 1. The third-order valence-corrected chi connectivity index (χ3v) is 4.02. The Kier molecular flexibility index (Phi) is 7.53. The lowest BCUT2D eigenvalue weighted by Gasteiger charge is -2.14. The molecule has 0 aliphatic heterocycles. The molecule has 0 saturated carbocycles. The van der Waals surface area contributed by atoms with Crippen molar-refractivity contribution in [1.29, 1.82) is 0 Å². The van der Waals surface area contributed by atoms with E-state index in [2.05, 4.69) is 5.32 Å². The summed E-state index contributed by atoms with van der Waals surface area (Å²) in [5.74, 6) is 0.215. The maximum absolute atomic E-state index is 12.0. The van der Waals surface area contributed by atoms with E-state index in [1.54, 1.807) is 12.1 Å². The SMILES string of the molecule is COc1ccc(C(=O)OCC(=O)NCc2cc(OC)c(OC)cc2OC)c(O)c1. The van der Waals surface area contributed by atoms with E-state index in [0.29, 0.717) is 28.6 Å². The first-order chi connectivity index (χ1) is 13.9. The smallest absolute Gasteiger partial charge is 0.342 e. The molecule has 0 atom stereocenters. The first kappa shape index (κ1) is 21.7. The molecule has 0 radical (unpaired) electrons. The molecule has 0 unspecified atom stereocenters. The number of rotatable bonds is 9. The predicted molar refractivity (Wildman–Crippen MR) is 103 cm³/mol. The maximum Gasteiger partial charge on any atom is 0.342 e. The second-order valence-corrected chi connectivity index (χ2v) is 5.75. The minimum absolute atomic E-state index is 0.0693. The van der Waals surface area contributed by atoms with Crippen molar-refractivity contribution in [3.8, 4) is 28.7 Å². The molecule has 0 heterocycles. The Morgan fingerprint density at radius 2 is 1.55 bits per heavy atom. The first-order valence-electron chi connectivity index (χ1n) is 8.53. The molecule has 2 aromatic carbocycles. The molecule has 0 aliphatic rings. The van der Waals surface area contributed by atoms with Gasteiger partial charge in [-0.2, -0.15) is 0 Å². The summed E-state index contributed by atoms with van der Waals surface area (Å²) in [5, 5.41) is 12.5. The number of carbonyl (C=O) groups is 2. The molecule has 1 amide bonds. The van der Waals surface area contributed by atoms with Crippen LogP contribution in [0.1, 0.15) is 15.9 Å². The number of carbonyl (C=O) groups excluding carboxylic acids is 2. The number of hydrogen-bond donors (Lipinski definition) is 2. The van der Waals surface area contributed by atoms with Gasteiger partial charge in [0.05, 0.1) is 28.4 Å². The molecule has 0 bridgehead atoms. The third kappa shape index (κ3) is 5.44. The first-order valence-corrected chi connectivity index (χ1v) is 8.53. The van der Waals surface area contributed by atoms with Gasteiger partial charge in [0.2, 0.25) is 0 Å². The van der Waals surface area contributed by atoms with Crippen molar-refractivity contribution >= 4 is 11.9 Å². The van der Waals surface area contributed by atoms with Gasteiger partial charge in [0, 0.05) is 24.2 Å². The van der Waals surface area contributed by atoms with Crippen molar-refractivity contribution in [2.24, 2.45) is 0 Å². The zero-order valence-electron chi connectivity index (χ0n) is 16.6. The van der Waals surface area contributed by atoms with Crippen molar-refractivity contribution in [2.75, 3.05) is 35.0 Å². The van der Waals surface area contributed by atoms with Crippen molar-refractivity contribution in [1.82, 2.24) is 5.32 Å². The van der Waals surface area contributed by atoms with Gasteiger partial charge < -0.3 is 34.1 Å². The van der Waals surface area contributed by atoms with Crippen LogP contribution in [0.2, 0.25) is 0 Å². The molecular formula is C20H23NO8. The Labute approximate surface area is 168 Å². The highest BCUT2D eigenvalue weighted by molar-refractivity contribution is 5.94. The number of benzene rings is 2. The molecule has 0 fully saturated rings. The van der Waals surface area contributed by atoms with Gasteiger partial charge in [-0.3, -0.25) is 4.79 Å². The number of hydrogen-bond acceptors (Lipinski definition) is 8. The van der Waals surface area contributed by atoms with Crippen LogP contribution in [-0.2, 0) is 16.1 Å². The molecule has 29 heavy (non-hydrogen) atoms. The van der Waals surface area contributed by atoms with Crippen LogP contribution >= 0.6 is 0 Å². The summed E-state index contributed by atoms with van der Waals surface area (Å²) in [6, 6.07) is 7.45. The van der Waals surface area contributed by atoms with Crippen LogP contribution in [0.3, 0.4) is 0 Å². The van der Waals surface area contributed by atoms with E-state index >= 15 is 0 Å². The largest absolute Gasteiger partial charge is 0.507 e. The second-order valence-electron chi connectivity index (χ2n) is 5.75. The van der Waals surface area contributed by atoms with E-state index < -0.39 is 18.5 Å². The fourth-order valence-electron chi connectivity index (χ4n) is 2.50. The molecule has 156 valence electrons. The highest BCUT2D eigenvalue weighted by Gasteiger charge is 2.16. The zero-order valence-corrected chi connectivity index (χ0v) is 16.6. The van der Waals surface area contributed by atoms with Gasteiger partial charge in [0.1, 0.15) is 22.8 Å². The molecule has 9 heteroatoms. The highest BCUT2D eigenvalue weighted by atomic mass is 16.5. The fourth-order valence-corrected chi connectivity index (χ4v) is 2.50. The standard InChI is InChI=1S/C20H23NO8/c1-25-13-5-6-14(15(22)8-13)20(24)29-11-19(23)21-10-12-7-17(27-3)18(28-4)9-16(12)26-2/h5-9,22H,10-11H2,1-4H3,(H,21,23). The third-order valence-electron chi connectivity index (χ3n) is 4.02. The molecule has 2 aromatic rings. The number of amides is 1. The van der Waals surface area contributed by atoms with E-state index in [1.165, 1.54) is 46.6 Å². The molecule has 0 aliphatic carbocycles. The van der Waals surface area contributed by atoms with Gasteiger partial charge in [0.15, 0.2) is 18.1 Å². The average Bonchev–Trinajstić information content (AvgIpc) is 2.74. The summed E-state index contributed by atoms with van der Waals surface area (Å²) in [7, 11) is 5.94. The van der Waals surface area contributed by atoms with Crippen LogP contribution in [0, 0.1) is 0 Å². The molecule has 0 saturated heterocycles. The van der Waals surface area contributed by atoms with E-state index in [4.69, 9.17) is 23.7 Å². The summed E-state index contributed by atoms with van der Waals surface area (Å²) in [4.78, 5) is 24.1. The van der Waals surface area contributed by atoms with Gasteiger partial charge in [-0.25, -0.2) is 4.79 Å². The van der Waals surface area contributed by atoms with Crippen molar-refractivity contribution in [3.05, 3.63) is 41.5 Å². The minimum Gasteiger partial charge on any atom is -0.507 e. The molecule has 2 rings (SSSR count). The molecule has 0 spiro atoms. The number of esters is 1.